The number of carboxylic acids is 1. The summed E-state index contributed by atoms with van der Waals surface area (Å²) >= 11 is 2.96. The minimum Gasteiger partial charge on any atom is -0.480 e. The Labute approximate surface area is 654 Å². The van der Waals surface area contributed by atoms with E-state index in [4.69, 9.17) is 20.3 Å². The lowest BCUT2D eigenvalue weighted by Crippen LogP contribution is -2.49. The van der Waals surface area contributed by atoms with Crippen LogP contribution in [0.3, 0.4) is 0 Å². The monoisotopic (exact) mass is 1600 g/mol. The number of carbonyl (C=O) groups is 14. The lowest BCUT2D eigenvalue weighted by Gasteiger charge is -2.25. The molecule has 5 aliphatic heterocycles. The zero-order valence-electron chi connectivity index (χ0n) is 66.1. The van der Waals surface area contributed by atoms with Crippen LogP contribution in [0.4, 0.5) is 36.2 Å². The van der Waals surface area contributed by atoms with E-state index in [1.807, 2.05) is 75.4 Å². The number of aryl methyl sites for hydroxylation is 3. The molecular formula is C78H116BrN13O18. The molecule has 0 aromatic heterocycles. The number of nitrogens with two attached hydrogens (primary N) is 1. The van der Waals surface area contributed by atoms with Gasteiger partial charge in [-0.3, -0.25) is 47.9 Å². The highest BCUT2D eigenvalue weighted by Gasteiger charge is 2.33. The smallest absolute Gasteiger partial charge is 0.408 e. The first-order chi connectivity index (χ1) is 51.7. The van der Waals surface area contributed by atoms with Crippen LogP contribution in [0.2, 0.25) is 0 Å². The number of carbonyl (C=O) groups excluding carboxylic acids is 14. The number of alkyl carbamates (subject to hydrolysis) is 2. The molecule has 31 nitrogen and oxygen atoms in total. The standard InChI is InChI=1S/C17H23N3O3.C16H21N3O4.C14H24N2O4.C11H20N2O3.C9H16N2O2.C8H7NO.C3H5BrO/c1-12-6-5-7-14(10-12)18-17(23)19-15-8-3-4-9-20(16(15)22)11-13(2)21;1-11-5-4-6-12(9-11)17-16(23)18-13-7-2-3-8-19(15(13)22)10-14(20)21;1-10(17)9-16-8-6-5-7-11(12(16)18)15-13(19)20-14(2,3)4;1-11(2,3)16-10(15)13-8-6-4-5-7-12-9(8)14;1-7(12)6-11-5-3-2-4-8(10)9(11)13;1-7-3-2-4-8(5-7)9-6-10;1-3(5)2-4/h5-7,10,15H,3-4,8-9,11H2,1-2H3,(H2,18,19,23);4-6,9,13H,2-3,7-8,10H2,1H3,(H,20,21)(H2,17,18,23);11H,5-9H2,1-4H3,(H,15,19);8H,4-7H2,1-3H3,(H,12,14)(H,13,15);8H,2-6,10H2,1H3;2-5H,1H3;2H2,1H3. The van der Waals surface area contributed by atoms with E-state index >= 15 is 0 Å². The van der Waals surface area contributed by atoms with Gasteiger partial charge in [-0.15, -0.1) is 0 Å². The molecule has 5 aliphatic rings. The maximum atomic E-state index is 12.5. The Morgan fingerprint density at radius 3 is 1.21 bits per heavy atom. The van der Waals surface area contributed by atoms with Gasteiger partial charge in [-0.1, -0.05) is 52.3 Å². The van der Waals surface area contributed by atoms with Crippen LogP contribution in [-0.4, -0.2) is 219 Å². The van der Waals surface area contributed by atoms with Crippen molar-refractivity contribution in [3.05, 3.63) is 89.5 Å². The largest absolute Gasteiger partial charge is 0.480 e. The number of aliphatic carboxylic acids is 1. The highest BCUT2D eigenvalue weighted by molar-refractivity contribution is 9.09. The van der Waals surface area contributed by atoms with Gasteiger partial charge in [0, 0.05) is 44.1 Å². The molecule has 0 spiro atoms. The summed E-state index contributed by atoms with van der Waals surface area (Å²) in [6.45, 7) is 25.4. The predicted molar refractivity (Wildman–Crippen MR) is 420 cm³/mol. The van der Waals surface area contributed by atoms with Gasteiger partial charge < -0.3 is 77.1 Å². The number of nitrogens with one attached hydrogen (secondary N) is 7. The molecule has 3 aromatic carbocycles. The molecule has 5 fully saturated rings. The summed E-state index contributed by atoms with van der Waals surface area (Å²) in [7, 11) is 0. The predicted octanol–water partition coefficient (Wildman–Crippen LogP) is 9.18. The van der Waals surface area contributed by atoms with Crippen molar-refractivity contribution in [2.45, 2.75) is 228 Å². The van der Waals surface area contributed by atoms with Crippen LogP contribution in [-0.2, 0) is 62.2 Å². The van der Waals surface area contributed by atoms with Crippen molar-refractivity contribution in [1.29, 1.82) is 0 Å². The van der Waals surface area contributed by atoms with Gasteiger partial charge in [0.25, 0.3) is 0 Å². The van der Waals surface area contributed by atoms with Crippen molar-refractivity contribution in [3.63, 3.8) is 0 Å². The number of Topliss-reactive ketones (excluding diaryl/α,β-unsaturated/α-hetero) is 4. The normalized spacial score (nSPS) is 18.5. The summed E-state index contributed by atoms with van der Waals surface area (Å²) in [6.07, 6.45) is 12.1. The number of halogens is 1. The van der Waals surface area contributed by atoms with Gasteiger partial charge in [0.2, 0.25) is 35.6 Å². The molecule has 5 saturated heterocycles. The van der Waals surface area contributed by atoms with Crippen molar-refractivity contribution < 1.29 is 86.5 Å². The third kappa shape index (κ3) is 42.7. The number of nitrogens with zero attached hydrogens (tertiary/aromatic N) is 5. The van der Waals surface area contributed by atoms with Crippen LogP contribution >= 0.6 is 15.9 Å². The molecule has 8 rings (SSSR count). The van der Waals surface area contributed by atoms with E-state index in [-0.39, 0.29) is 78.8 Å². The number of alkyl halides is 1. The molecule has 3 aromatic rings. The summed E-state index contributed by atoms with van der Waals surface area (Å²) in [6, 6.07) is 18.6. The number of urea groups is 2. The molecule has 0 radical (unpaired) electrons. The molecule has 608 valence electrons. The topological polar surface area (TPSA) is 430 Å². The number of isocyanates is 1. The van der Waals surface area contributed by atoms with Crippen LogP contribution in [0.15, 0.2) is 77.8 Å². The maximum absolute atomic E-state index is 12.5. The molecule has 5 heterocycles. The van der Waals surface area contributed by atoms with E-state index in [2.05, 4.69) is 58.1 Å². The summed E-state index contributed by atoms with van der Waals surface area (Å²) < 4.78 is 10.3. The second-order valence-corrected chi connectivity index (χ2v) is 29.8. The Morgan fingerprint density at radius 2 is 0.845 bits per heavy atom. The molecule has 32 heteroatoms. The second kappa shape index (κ2) is 50.7. The molecule has 11 amide bonds. The number of ether oxygens (including phenoxy) is 2. The number of hydrogen-bond acceptors (Lipinski definition) is 19. The first-order valence-electron chi connectivity index (χ1n) is 37.0. The zero-order valence-corrected chi connectivity index (χ0v) is 67.7. The summed E-state index contributed by atoms with van der Waals surface area (Å²) in [4.78, 5) is 181. The van der Waals surface area contributed by atoms with Crippen molar-refractivity contribution in [3.8, 4) is 0 Å². The second-order valence-electron chi connectivity index (χ2n) is 29.2. The Kier molecular flexibility index (Phi) is 44.3. The van der Waals surface area contributed by atoms with Gasteiger partial charge in [0.1, 0.15) is 65.0 Å². The number of rotatable bonds is 16. The van der Waals surface area contributed by atoms with E-state index in [1.165, 1.54) is 48.5 Å². The van der Waals surface area contributed by atoms with Crippen LogP contribution in [0.25, 0.3) is 0 Å². The van der Waals surface area contributed by atoms with E-state index < -0.39 is 71.6 Å². The van der Waals surface area contributed by atoms with Gasteiger partial charge in [-0.05, 0) is 239 Å². The molecule has 0 bridgehead atoms. The summed E-state index contributed by atoms with van der Waals surface area (Å²) in [5.41, 5.74) is 9.65. The number of anilines is 2. The number of aliphatic imine (C=N–C) groups is 1. The number of hydrogen-bond donors (Lipinski definition) is 9. The van der Waals surface area contributed by atoms with Crippen molar-refractivity contribution in [2.75, 3.05) is 74.9 Å². The fourth-order valence-electron chi connectivity index (χ4n) is 11.3. The third-order valence-corrected chi connectivity index (χ3v) is 17.0. The Morgan fingerprint density at radius 1 is 0.500 bits per heavy atom. The van der Waals surface area contributed by atoms with Crippen LogP contribution in [0.1, 0.15) is 182 Å². The SMILES string of the molecule is CC(=O)CBr.CC(=O)CN1CCCCC(N)C1=O.CC(=O)CN1CCCCC(NC(=O)Nc2cccc(C)c2)C1=O.CC(=O)CN1CCCCC(NC(=O)OC(C)(C)C)C1=O.CC(C)(C)OC(=O)NC1CCCCNC1=O.Cc1cccc(N=C=O)c1.Cc1cccc(NC(=O)NC2CCCCN(CC(=O)O)C2=O)c1. The maximum Gasteiger partial charge on any atom is 0.408 e. The quantitative estimate of drug-likeness (QED) is 0.0366. The zero-order chi connectivity index (χ0) is 82.7. The fraction of sp³-hybridized carbons (Fsp3) is 0.577. The molecule has 10 N–H and O–H groups in total. The summed E-state index contributed by atoms with van der Waals surface area (Å²) in [5.74, 6) is -1.91. The molecule has 0 saturated carbocycles. The summed E-state index contributed by atoms with van der Waals surface area (Å²) in [5, 5.41) is 28.1. The van der Waals surface area contributed by atoms with Crippen molar-refractivity contribution in [1.82, 2.24) is 46.2 Å². The minimum atomic E-state index is -1.05. The van der Waals surface area contributed by atoms with E-state index in [1.54, 1.807) is 64.6 Å². The van der Waals surface area contributed by atoms with Crippen LogP contribution < -0.4 is 43.0 Å². The fourth-order valence-corrected chi connectivity index (χ4v) is 11.3. The van der Waals surface area contributed by atoms with Gasteiger partial charge in [-0.25, -0.2) is 24.0 Å². The number of ketones is 4. The minimum absolute atomic E-state index is 0.0162. The number of likely N-dealkylation sites (tertiary alicyclic amines) is 4. The Hall–Kier alpha value is -9.94. The van der Waals surface area contributed by atoms with E-state index in [0.717, 1.165) is 87.3 Å². The van der Waals surface area contributed by atoms with Gasteiger partial charge in [0.15, 0.2) is 0 Å². The van der Waals surface area contributed by atoms with Crippen molar-refractivity contribution in [2.24, 2.45) is 10.7 Å². The van der Waals surface area contributed by atoms with Crippen LogP contribution in [0, 0.1) is 20.8 Å². The van der Waals surface area contributed by atoms with Gasteiger partial charge >= 0.3 is 30.2 Å². The highest BCUT2D eigenvalue weighted by Crippen LogP contribution is 2.19. The molecule has 5 atom stereocenters. The number of carboxylic acid groups (broad SMARTS) is 1. The molecular weight excluding hydrogens is 1490 g/mol. The van der Waals surface area contributed by atoms with Gasteiger partial charge in [-0.2, -0.15) is 4.99 Å². The molecule has 0 aliphatic carbocycles. The lowest BCUT2D eigenvalue weighted by molar-refractivity contribution is -0.144. The average Bonchev–Trinajstić information content (AvgIpc) is 1.65. The third-order valence-electron chi connectivity index (χ3n) is 16.2. The van der Waals surface area contributed by atoms with Crippen LogP contribution in [0.5, 0.6) is 0 Å². The lowest BCUT2D eigenvalue weighted by atomic mass is 10.1. The first-order valence-corrected chi connectivity index (χ1v) is 38.2. The molecule has 5 unspecified atom stereocenters. The van der Waals surface area contributed by atoms with Gasteiger partial charge in [0.05, 0.1) is 36.7 Å². The van der Waals surface area contributed by atoms with E-state index in [9.17, 15) is 71.9 Å². The van der Waals surface area contributed by atoms with Crippen molar-refractivity contribution >= 4 is 122 Å². The average molecular weight is 1600 g/mol. The highest BCUT2D eigenvalue weighted by atomic mass is 79.9. The Bertz CT molecular complexity index is 3510. The number of benzene rings is 3. The first kappa shape index (κ1) is 96.1. The van der Waals surface area contributed by atoms with E-state index in [0.29, 0.717) is 80.8 Å². The molecule has 110 heavy (non-hydrogen) atoms. The Balaban J connectivity index is 0.000000450. The number of amides is 11.